The van der Waals surface area contributed by atoms with Gasteiger partial charge in [-0.05, 0) is 12.2 Å². The summed E-state index contributed by atoms with van der Waals surface area (Å²) in [5.41, 5.74) is 0. The Kier molecular flexibility index (Phi) is 3.31. The Labute approximate surface area is 69.8 Å². The van der Waals surface area contributed by atoms with Gasteiger partial charge < -0.3 is 10.6 Å². The molecular weight excluding hydrogens is 172 g/mol. The maximum Gasteiger partial charge on any atom is 0.235 e. The Morgan fingerprint density at radius 2 is 1.60 bits per heavy atom. The molecule has 6 heteroatoms. The number of amides is 2. The van der Waals surface area contributed by atoms with Crippen molar-refractivity contribution in [3.63, 3.8) is 0 Å². The molecule has 0 aromatic heterocycles. The fourth-order valence-corrected chi connectivity index (χ4v) is 0.746. The molecule has 1 fully saturated rings. The molecule has 0 unspecified atom stereocenters. The lowest BCUT2D eigenvalue weighted by Gasteiger charge is -2.12. The van der Waals surface area contributed by atoms with Gasteiger partial charge in [0.05, 0.1) is 0 Å². The molecule has 56 valence electrons. The van der Waals surface area contributed by atoms with Crippen LogP contribution in [0.1, 0.15) is 6.42 Å². The van der Waals surface area contributed by atoms with E-state index in [2.05, 4.69) is 22.9 Å². The molecule has 2 N–H and O–H groups in total. The van der Waals surface area contributed by atoms with Crippen molar-refractivity contribution in [2.45, 2.75) is 6.42 Å². The zero-order valence-corrected chi connectivity index (χ0v) is 6.75. The highest BCUT2D eigenvalue weighted by Gasteiger charge is 2.17. The highest BCUT2D eigenvalue weighted by Crippen LogP contribution is 1.86. The minimum atomic E-state index is -0.344. The second-order valence-corrected chi connectivity index (χ2v) is 2.01. The van der Waals surface area contributed by atoms with Gasteiger partial charge in [0.25, 0.3) is 0 Å². The van der Waals surface area contributed by atoms with Gasteiger partial charge >= 0.3 is 0 Å². The third-order valence-corrected chi connectivity index (χ3v) is 1.03. The van der Waals surface area contributed by atoms with Gasteiger partial charge in [0.1, 0.15) is 6.42 Å². The average Bonchev–Trinajstić information content (AvgIpc) is 1.59. The summed E-state index contributed by atoms with van der Waals surface area (Å²) in [6.45, 7) is 0. The van der Waals surface area contributed by atoms with E-state index in [0.29, 0.717) is 0 Å². The van der Waals surface area contributed by atoms with Crippen LogP contribution in [-0.4, -0.2) is 16.9 Å². The van der Waals surface area contributed by atoms with Crippen molar-refractivity contribution >= 4 is 42.6 Å². The molecule has 0 aliphatic carbocycles. The van der Waals surface area contributed by atoms with Crippen LogP contribution in [0.15, 0.2) is 0 Å². The zero-order valence-electron chi connectivity index (χ0n) is 4.93. The molecule has 2 amide bonds. The average molecular weight is 178 g/mol. The number of thiocarbonyl (C=S) groups is 1. The Morgan fingerprint density at radius 1 is 1.20 bits per heavy atom. The molecule has 0 spiro atoms. The van der Waals surface area contributed by atoms with Crippen molar-refractivity contribution in [3.8, 4) is 0 Å². The van der Waals surface area contributed by atoms with Crippen LogP contribution in [0.2, 0.25) is 0 Å². The lowest BCUT2D eigenvalue weighted by Crippen LogP contribution is -2.49. The van der Waals surface area contributed by atoms with Crippen molar-refractivity contribution < 1.29 is 9.59 Å². The molecule has 1 rings (SSSR count). The molecule has 0 radical (unpaired) electrons. The van der Waals surface area contributed by atoms with Crippen molar-refractivity contribution in [2.75, 3.05) is 0 Å². The Balaban J connectivity index is 0.000000810. The molecule has 1 saturated heterocycles. The summed E-state index contributed by atoms with van der Waals surface area (Å²) in [4.78, 5) is 20.8. The quantitative estimate of drug-likeness (QED) is 0.370. The van der Waals surface area contributed by atoms with Crippen molar-refractivity contribution in [2.24, 2.45) is 0 Å². The minimum Gasteiger partial charge on any atom is -0.302 e. The number of rotatable bonds is 0. The molecule has 1 aliphatic rings. The highest BCUT2D eigenvalue weighted by atomic mass is 32.1. The molecule has 0 aromatic rings. The summed E-state index contributed by atoms with van der Waals surface area (Å²) in [6.07, 6.45) is -0.125. The zero-order chi connectivity index (χ0) is 6.85. The van der Waals surface area contributed by atoms with Gasteiger partial charge in [-0.15, -0.1) is 0 Å². The van der Waals surface area contributed by atoms with E-state index in [1.165, 1.54) is 0 Å². The maximum atomic E-state index is 10.4. The second-order valence-electron chi connectivity index (χ2n) is 1.60. The highest BCUT2D eigenvalue weighted by molar-refractivity contribution is 7.80. The molecule has 0 aromatic carbocycles. The van der Waals surface area contributed by atoms with E-state index in [4.69, 9.17) is 0 Å². The largest absolute Gasteiger partial charge is 0.302 e. The van der Waals surface area contributed by atoms with Crippen LogP contribution in [0.25, 0.3) is 0 Å². The summed E-state index contributed by atoms with van der Waals surface area (Å²) >= 11 is 4.50. The molecule has 1 heterocycles. The fraction of sp³-hybridized carbons (Fsp3) is 0.250. The number of hydrogen-bond donors (Lipinski definition) is 2. The van der Waals surface area contributed by atoms with Crippen molar-refractivity contribution in [1.29, 1.82) is 0 Å². The van der Waals surface area contributed by atoms with Crippen LogP contribution in [0.3, 0.4) is 0 Å². The van der Waals surface area contributed by atoms with Crippen LogP contribution in [0.4, 0.5) is 0 Å². The molecule has 0 bridgehead atoms. The molecule has 4 nitrogen and oxygen atoms in total. The van der Waals surface area contributed by atoms with Crippen LogP contribution in [0.5, 0.6) is 0 Å². The smallest absolute Gasteiger partial charge is 0.235 e. The molecule has 10 heavy (non-hydrogen) atoms. The predicted octanol–water partition coefficient (Wildman–Crippen LogP) is -0.980. The monoisotopic (exact) mass is 178 g/mol. The van der Waals surface area contributed by atoms with E-state index in [1.807, 2.05) is 0 Å². The first-order valence-corrected chi connectivity index (χ1v) is 2.73. The van der Waals surface area contributed by atoms with Crippen LogP contribution in [-0.2, 0) is 9.59 Å². The predicted molar refractivity (Wildman–Crippen MR) is 43.9 cm³/mol. The molecular formula is C4H6N2O2S2. The topological polar surface area (TPSA) is 58.2 Å². The number of nitrogens with one attached hydrogen (secondary N) is 2. The first kappa shape index (κ1) is 9.38. The summed E-state index contributed by atoms with van der Waals surface area (Å²) in [6, 6.07) is 0. The van der Waals surface area contributed by atoms with E-state index in [0.717, 1.165) is 0 Å². The van der Waals surface area contributed by atoms with E-state index < -0.39 is 0 Å². The van der Waals surface area contributed by atoms with Gasteiger partial charge in [-0.3, -0.25) is 9.59 Å². The fourth-order valence-electron chi connectivity index (χ4n) is 0.519. The SMILES string of the molecule is O=C1CC(=O)NC(=S)N1.S. The molecule has 0 atom stereocenters. The van der Waals surface area contributed by atoms with Crippen LogP contribution in [0, 0.1) is 0 Å². The van der Waals surface area contributed by atoms with Crippen molar-refractivity contribution in [3.05, 3.63) is 0 Å². The minimum absolute atomic E-state index is 0. The van der Waals surface area contributed by atoms with E-state index in [9.17, 15) is 9.59 Å². The van der Waals surface area contributed by atoms with Gasteiger partial charge in [0, 0.05) is 0 Å². The molecule has 1 aliphatic heterocycles. The standard InChI is InChI=1S/C4H4N2O2S.H2S/c7-2-1-3(8)6-4(9)5-2;/h1H2,(H2,5,6,7,8,9);1H2. The number of hydrogen-bond acceptors (Lipinski definition) is 3. The van der Waals surface area contributed by atoms with Gasteiger partial charge in [-0.25, -0.2) is 0 Å². The lowest BCUT2D eigenvalue weighted by molar-refractivity contribution is -0.129. The third-order valence-electron chi connectivity index (χ3n) is 0.827. The van der Waals surface area contributed by atoms with Crippen LogP contribution < -0.4 is 10.6 Å². The summed E-state index contributed by atoms with van der Waals surface area (Å²) in [5.74, 6) is -0.687. The number of carbonyl (C=O) groups is 2. The second kappa shape index (κ2) is 3.52. The van der Waals surface area contributed by atoms with E-state index in [1.54, 1.807) is 0 Å². The Bertz CT molecular complexity index is 146. The number of carbonyl (C=O) groups excluding carboxylic acids is 2. The van der Waals surface area contributed by atoms with Crippen LogP contribution >= 0.6 is 25.7 Å². The van der Waals surface area contributed by atoms with Gasteiger partial charge in [0.15, 0.2) is 5.11 Å². The third kappa shape index (κ3) is 2.32. The van der Waals surface area contributed by atoms with Gasteiger partial charge in [-0.1, -0.05) is 0 Å². The lowest BCUT2D eigenvalue weighted by atomic mass is 10.3. The van der Waals surface area contributed by atoms with Gasteiger partial charge in [-0.2, -0.15) is 13.5 Å². The first-order chi connectivity index (χ1) is 4.18. The van der Waals surface area contributed by atoms with E-state index in [-0.39, 0.29) is 36.8 Å². The normalized spacial score (nSPS) is 17.0. The Hall–Kier alpha value is -0.620. The Morgan fingerprint density at radius 3 is 1.90 bits per heavy atom. The van der Waals surface area contributed by atoms with Gasteiger partial charge in [0.2, 0.25) is 11.8 Å². The summed E-state index contributed by atoms with van der Waals surface area (Å²) in [5, 5.41) is 4.63. The van der Waals surface area contributed by atoms with Crippen molar-refractivity contribution in [1.82, 2.24) is 10.6 Å². The summed E-state index contributed by atoms with van der Waals surface area (Å²) < 4.78 is 0. The maximum absolute atomic E-state index is 10.4. The first-order valence-electron chi connectivity index (χ1n) is 2.32. The molecule has 0 saturated carbocycles. The summed E-state index contributed by atoms with van der Waals surface area (Å²) in [7, 11) is 0. The van der Waals surface area contributed by atoms with E-state index >= 15 is 0 Å².